The van der Waals surface area contributed by atoms with Crippen molar-refractivity contribution in [3.63, 3.8) is 0 Å². The number of halogens is 1. The first kappa shape index (κ1) is 19.2. The van der Waals surface area contributed by atoms with E-state index in [1.54, 1.807) is 45.0 Å². The van der Waals surface area contributed by atoms with E-state index < -0.39 is 11.6 Å². The molecule has 140 valence electrons. The zero-order valence-corrected chi connectivity index (χ0v) is 16.8. The van der Waals surface area contributed by atoms with E-state index in [1.165, 1.54) is 0 Å². The molecule has 0 aliphatic carbocycles. The summed E-state index contributed by atoms with van der Waals surface area (Å²) in [7, 11) is 0. The lowest BCUT2D eigenvalue weighted by atomic mass is 10.1. The largest absolute Gasteiger partial charge is 0.482 e. The second-order valence-electron chi connectivity index (χ2n) is 7.03. The van der Waals surface area contributed by atoms with E-state index in [0.29, 0.717) is 17.1 Å². The number of ketones is 1. The van der Waals surface area contributed by atoms with E-state index >= 15 is 0 Å². The molecule has 0 spiro atoms. The lowest BCUT2D eigenvalue weighted by molar-refractivity contribution is -0.157. The molecule has 0 amide bonds. The van der Waals surface area contributed by atoms with E-state index in [2.05, 4.69) is 15.9 Å². The average molecular weight is 431 g/mol. The van der Waals surface area contributed by atoms with Gasteiger partial charge in [0.05, 0.1) is 5.56 Å². The molecule has 3 rings (SSSR count). The van der Waals surface area contributed by atoms with Crippen LogP contribution in [0.4, 0.5) is 0 Å². The summed E-state index contributed by atoms with van der Waals surface area (Å²) in [5, 5.41) is 0. The van der Waals surface area contributed by atoms with Crippen LogP contribution in [0.15, 0.2) is 52.7 Å². The highest BCUT2D eigenvalue weighted by Crippen LogP contribution is 2.35. The normalized spacial score (nSPS) is 14.7. The second kappa shape index (κ2) is 7.56. The fraction of sp³-hybridized carbons (Fsp3) is 0.238. The monoisotopic (exact) mass is 430 g/mol. The Labute approximate surface area is 166 Å². The van der Waals surface area contributed by atoms with Gasteiger partial charge in [0.1, 0.15) is 17.1 Å². The van der Waals surface area contributed by atoms with E-state index in [1.807, 2.05) is 24.3 Å². The summed E-state index contributed by atoms with van der Waals surface area (Å²) in [6.07, 6.45) is 1.69. The molecule has 0 saturated heterocycles. The van der Waals surface area contributed by atoms with Gasteiger partial charge in [0, 0.05) is 10.5 Å². The summed E-state index contributed by atoms with van der Waals surface area (Å²) in [5.41, 5.74) is 0.739. The summed E-state index contributed by atoms with van der Waals surface area (Å²) < 4.78 is 17.3. The maximum atomic E-state index is 12.5. The Hall–Kier alpha value is -2.60. The van der Waals surface area contributed by atoms with Gasteiger partial charge in [-0.05, 0) is 56.7 Å². The number of benzene rings is 2. The Morgan fingerprint density at radius 2 is 1.96 bits per heavy atom. The minimum absolute atomic E-state index is 0.191. The Bertz CT molecular complexity index is 924. The van der Waals surface area contributed by atoms with Gasteiger partial charge in [0.2, 0.25) is 5.78 Å². The molecule has 0 saturated carbocycles. The zero-order chi connectivity index (χ0) is 19.6. The number of carbonyl (C=O) groups excluding carboxylic acids is 2. The number of esters is 1. The average Bonchev–Trinajstić information content (AvgIpc) is 2.87. The molecular formula is C21H19BrO5. The van der Waals surface area contributed by atoms with Gasteiger partial charge in [-0.25, -0.2) is 4.79 Å². The van der Waals surface area contributed by atoms with Crippen LogP contribution in [-0.2, 0) is 9.53 Å². The number of rotatable bonds is 4. The van der Waals surface area contributed by atoms with Gasteiger partial charge in [-0.2, -0.15) is 0 Å². The quantitative estimate of drug-likeness (QED) is 0.515. The van der Waals surface area contributed by atoms with Crippen molar-refractivity contribution < 1.29 is 23.8 Å². The highest BCUT2D eigenvalue weighted by molar-refractivity contribution is 9.10. The van der Waals surface area contributed by atoms with Gasteiger partial charge < -0.3 is 14.2 Å². The van der Waals surface area contributed by atoms with Crippen LogP contribution in [0.5, 0.6) is 11.5 Å². The Kier molecular flexibility index (Phi) is 5.37. The van der Waals surface area contributed by atoms with Crippen molar-refractivity contribution in [2.75, 3.05) is 6.61 Å². The number of Topliss-reactive ketones (excluding diaryl/α,β-unsaturated/α-hetero) is 1. The summed E-state index contributed by atoms with van der Waals surface area (Å²) in [6, 6.07) is 12.4. The Morgan fingerprint density at radius 3 is 2.67 bits per heavy atom. The Balaban J connectivity index is 1.71. The minimum Gasteiger partial charge on any atom is -0.482 e. The standard InChI is InChI=1S/C21H19BrO5/c1-21(2,3)27-19(23)12-25-15-7-8-16-17(11-15)26-18(20(16)24)10-13-5-4-6-14(22)9-13/h4-11H,12H2,1-3H3. The van der Waals surface area contributed by atoms with Gasteiger partial charge in [-0.15, -0.1) is 0 Å². The van der Waals surface area contributed by atoms with Crippen LogP contribution in [0.1, 0.15) is 36.7 Å². The molecule has 1 heterocycles. The maximum Gasteiger partial charge on any atom is 0.344 e. The van der Waals surface area contributed by atoms with Crippen LogP contribution >= 0.6 is 15.9 Å². The number of fused-ring (bicyclic) bond motifs is 1. The third-order valence-corrected chi connectivity index (χ3v) is 4.06. The van der Waals surface area contributed by atoms with Crippen LogP contribution < -0.4 is 9.47 Å². The van der Waals surface area contributed by atoms with Gasteiger partial charge in [-0.3, -0.25) is 4.79 Å². The molecule has 5 nitrogen and oxygen atoms in total. The molecule has 0 unspecified atom stereocenters. The second-order valence-corrected chi connectivity index (χ2v) is 7.94. The molecule has 0 N–H and O–H groups in total. The van der Waals surface area contributed by atoms with Crippen LogP contribution in [0.3, 0.4) is 0 Å². The third-order valence-electron chi connectivity index (χ3n) is 3.56. The van der Waals surface area contributed by atoms with Gasteiger partial charge in [0.25, 0.3) is 0 Å². The number of hydrogen-bond donors (Lipinski definition) is 0. The molecule has 1 aliphatic rings. The smallest absolute Gasteiger partial charge is 0.344 e. The van der Waals surface area contributed by atoms with E-state index in [4.69, 9.17) is 14.2 Å². The fourth-order valence-electron chi connectivity index (χ4n) is 2.52. The molecular weight excluding hydrogens is 412 g/mol. The first-order valence-corrected chi connectivity index (χ1v) is 9.19. The molecule has 6 heteroatoms. The van der Waals surface area contributed by atoms with Crippen molar-refractivity contribution >= 4 is 33.8 Å². The van der Waals surface area contributed by atoms with Crippen molar-refractivity contribution in [2.45, 2.75) is 26.4 Å². The minimum atomic E-state index is -0.569. The molecule has 2 aromatic carbocycles. The van der Waals surface area contributed by atoms with Crippen molar-refractivity contribution in [2.24, 2.45) is 0 Å². The van der Waals surface area contributed by atoms with Crippen LogP contribution in [-0.4, -0.2) is 24.0 Å². The molecule has 0 bridgehead atoms. The Morgan fingerprint density at radius 1 is 1.19 bits per heavy atom. The van der Waals surface area contributed by atoms with Crippen molar-refractivity contribution in [3.8, 4) is 11.5 Å². The number of allylic oxidation sites excluding steroid dienone is 1. The van der Waals surface area contributed by atoms with E-state index in [9.17, 15) is 9.59 Å². The SMILES string of the molecule is CC(C)(C)OC(=O)COc1ccc2c(c1)OC(=Cc1cccc(Br)c1)C2=O. The maximum absolute atomic E-state index is 12.5. The van der Waals surface area contributed by atoms with Gasteiger partial charge >= 0.3 is 5.97 Å². The first-order valence-electron chi connectivity index (χ1n) is 8.40. The molecule has 0 aromatic heterocycles. The topological polar surface area (TPSA) is 61.8 Å². The number of carbonyl (C=O) groups is 2. The van der Waals surface area contributed by atoms with E-state index in [0.717, 1.165) is 10.0 Å². The number of ether oxygens (including phenoxy) is 3. The van der Waals surface area contributed by atoms with Crippen molar-refractivity contribution in [1.82, 2.24) is 0 Å². The molecule has 0 atom stereocenters. The summed E-state index contributed by atoms with van der Waals surface area (Å²) >= 11 is 3.40. The summed E-state index contributed by atoms with van der Waals surface area (Å²) in [4.78, 5) is 24.3. The van der Waals surface area contributed by atoms with E-state index in [-0.39, 0.29) is 18.1 Å². The molecule has 0 radical (unpaired) electrons. The van der Waals surface area contributed by atoms with Crippen LogP contribution in [0, 0.1) is 0 Å². The predicted octanol–water partition coefficient (Wildman–Crippen LogP) is 4.79. The lowest BCUT2D eigenvalue weighted by Gasteiger charge is -2.19. The highest BCUT2D eigenvalue weighted by Gasteiger charge is 2.28. The first-order chi connectivity index (χ1) is 12.7. The molecule has 2 aromatic rings. The van der Waals surface area contributed by atoms with Gasteiger partial charge in [0.15, 0.2) is 12.4 Å². The highest BCUT2D eigenvalue weighted by atomic mass is 79.9. The molecule has 0 fully saturated rings. The lowest BCUT2D eigenvalue weighted by Crippen LogP contribution is -2.27. The van der Waals surface area contributed by atoms with Crippen molar-refractivity contribution in [3.05, 3.63) is 63.8 Å². The zero-order valence-electron chi connectivity index (χ0n) is 15.2. The number of hydrogen-bond acceptors (Lipinski definition) is 5. The fourth-order valence-corrected chi connectivity index (χ4v) is 2.93. The van der Waals surface area contributed by atoms with Crippen LogP contribution in [0.25, 0.3) is 6.08 Å². The summed E-state index contributed by atoms with van der Waals surface area (Å²) in [6.45, 7) is 5.15. The summed E-state index contributed by atoms with van der Waals surface area (Å²) in [5.74, 6) is 0.422. The van der Waals surface area contributed by atoms with Gasteiger partial charge in [-0.1, -0.05) is 28.1 Å². The molecule has 1 aliphatic heterocycles. The molecule has 27 heavy (non-hydrogen) atoms. The van der Waals surface area contributed by atoms with Crippen LogP contribution in [0.2, 0.25) is 0 Å². The third kappa shape index (κ3) is 4.98. The van der Waals surface area contributed by atoms with Crippen molar-refractivity contribution in [1.29, 1.82) is 0 Å². The predicted molar refractivity (Wildman–Crippen MR) is 105 cm³/mol.